The Morgan fingerprint density at radius 3 is 2.70 bits per heavy atom. The molecule has 1 aromatic carbocycles. The molecule has 3 N–H and O–H groups in total. The molecule has 1 aromatic rings. The minimum atomic E-state index is -1.26. The zero-order valence-corrected chi connectivity index (χ0v) is 12.5. The number of carbonyl (C=O) groups excluding carboxylic acids is 2. The normalized spacial score (nSPS) is 11.9. The lowest BCUT2D eigenvalue weighted by Crippen LogP contribution is -2.93. The van der Waals surface area contributed by atoms with Gasteiger partial charge in [-0.25, -0.2) is 0 Å². The highest BCUT2D eigenvalue weighted by atomic mass is 35.5. The van der Waals surface area contributed by atoms with Crippen LogP contribution >= 0.6 is 23.2 Å². The van der Waals surface area contributed by atoms with Crippen molar-refractivity contribution in [2.45, 2.75) is 25.8 Å². The summed E-state index contributed by atoms with van der Waals surface area (Å²) < 4.78 is 0. The van der Waals surface area contributed by atoms with Gasteiger partial charge in [-0.3, -0.25) is 4.79 Å². The van der Waals surface area contributed by atoms with Gasteiger partial charge in [-0.2, -0.15) is 0 Å². The minimum absolute atomic E-state index is 0.189. The Bertz CT molecular complexity index is 495. The largest absolute Gasteiger partial charge is 0.544 e. The molecule has 1 rings (SSSR count). The summed E-state index contributed by atoms with van der Waals surface area (Å²) in [5, 5.41) is 15.8. The van der Waals surface area contributed by atoms with Gasteiger partial charge in [0.15, 0.2) is 0 Å². The second-order valence-corrected chi connectivity index (χ2v) is 5.17. The summed E-state index contributed by atoms with van der Waals surface area (Å²) in [6.45, 7) is 2.54. The van der Waals surface area contributed by atoms with Crippen LogP contribution in [0.2, 0.25) is 10.0 Å². The summed E-state index contributed by atoms with van der Waals surface area (Å²) in [6.07, 6.45) is 0.622. The van der Waals surface area contributed by atoms with E-state index in [0.29, 0.717) is 22.3 Å². The molecule has 0 saturated carbocycles. The van der Waals surface area contributed by atoms with E-state index in [9.17, 15) is 14.7 Å². The van der Waals surface area contributed by atoms with Crippen LogP contribution in [0.25, 0.3) is 0 Å². The Morgan fingerprint density at radius 2 is 2.10 bits per heavy atom. The molecular formula is C13H16Cl2N2O3. The average Bonchev–Trinajstić information content (AvgIpc) is 2.38. The zero-order chi connectivity index (χ0) is 15.1. The number of benzene rings is 1. The molecular weight excluding hydrogens is 303 g/mol. The molecule has 1 amide bonds. The maximum Gasteiger partial charge on any atom is 0.230 e. The van der Waals surface area contributed by atoms with Crippen LogP contribution in [-0.2, 0) is 9.59 Å². The van der Waals surface area contributed by atoms with Gasteiger partial charge >= 0.3 is 0 Å². The number of carboxylic acid groups (broad SMARTS) is 1. The summed E-state index contributed by atoms with van der Waals surface area (Å²) in [5.41, 5.74) is 0.358. The van der Waals surface area contributed by atoms with E-state index in [0.717, 1.165) is 6.42 Å². The molecule has 0 heterocycles. The summed E-state index contributed by atoms with van der Waals surface area (Å²) in [5.74, 6) is -1.71. The van der Waals surface area contributed by atoms with E-state index in [1.54, 1.807) is 17.4 Å². The molecule has 0 bridgehead atoms. The first-order valence-corrected chi connectivity index (χ1v) is 6.98. The summed E-state index contributed by atoms with van der Waals surface area (Å²) in [6, 6.07) is 3.75. The second kappa shape index (κ2) is 8.09. The lowest BCUT2D eigenvalue weighted by Gasteiger charge is -2.16. The molecule has 0 aliphatic carbocycles. The third kappa shape index (κ3) is 5.36. The third-order valence-electron chi connectivity index (χ3n) is 2.65. The van der Waals surface area contributed by atoms with Crippen molar-refractivity contribution in [3.05, 3.63) is 28.2 Å². The monoisotopic (exact) mass is 318 g/mol. The van der Waals surface area contributed by atoms with Crippen LogP contribution in [0.15, 0.2) is 18.2 Å². The smallest absolute Gasteiger partial charge is 0.230 e. The minimum Gasteiger partial charge on any atom is -0.544 e. The molecule has 0 aliphatic rings. The second-order valence-electron chi connectivity index (χ2n) is 4.33. The van der Waals surface area contributed by atoms with Crippen LogP contribution in [0.5, 0.6) is 0 Å². The van der Waals surface area contributed by atoms with Gasteiger partial charge in [0, 0.05) is 5.02 Å². The number of anilines is 1. The molecule has 0 unspecified atom stereocenters. The van der Waals surface area contributed by atoms with Crippen molar-refractivity contribution in [3.63, 3.8) is 0 Å². The summed E-state index contributed by atoms with van der Waals surface area (Å²) in [4.78, 5) is 22.8. The van der Waals surface area contributed by atoms with Crippen LogP contribution in [0.4, 0.5) is 5.69 Å². The first-order chi connectivity index (χ1) is 9.43. The van der Waals surface area contributed by atoms with Crippen molar-refractivity contribution >= 4 is 40.8 Å². The standard InChI is InChI=1S/C13H16Cl2N2O3/c1-2-5-16-11(13(19)20)7-12(18)17-10-6-8(14)3-4-9(10)15/h3-4,6,11,16H,2,5,7H2,1H3,(H,17,18)(H,19,20)/t11-/m0/s1. The van der Waals surface area contributed by atoms with Gasteiger partial charge in [-0.15, -0.1) is 0 Å². The molecule has 0 radical (unpaired) electrons. The molecule has 1 atom stereocenters. The number of hydrogen-bond acceptors (Lipinski definition) is 3. The summed E-state index contributed by atoms with van der Waals surface area (Å²) >= 11 is 11.7. The van der Waals surface area contributed by atoms with Crippen LogP contribution in [0, 0.1) is 0 Å². The van der Waals surface area contributed by atoms with E-state index in [-0.39, 0.29) is 6.42 Å². The first-order valence-electron chi connectivity index (χ1n) is 6.23. The van der Waals surface area contributed by atoms with Crippen molar-refractivity contribution in [1.82, 2.24) is 0 Å². The zero-order valence-electron chi connectivity index (χ0n) is 11.0. The number of aliphatic carboxylic acids is 1. The fraction of sp³-hybridized carbons (Fsp3) is 0.385. The highest BCUT2D eigenvalue weighted by molar-refractivity contribution is 6.35. The van der Waals surface area contributed by atoms with Crippen molar-refractivity contribution < 1.29 is 20.0 Å². The maximum atomic E-state index is 11.8. The number of nitrogens with one attached hydrogen (secondary N) is 1. The van der Waals surface area contributed by atoms with Gasteiger partial charge in [0.05, 0.1) is 29.6 Å². The van der Waals surface area contributed by atoms with Gasteiger partial charge in [-0.05, 0) is 24.6 Å². The van der Waals surface area contributed by atoms with Crippen LogP contribution in [0.1, 0.15) is 19.8 Å². The Morgan fingerprint density at radius 1 is 1.40 bits per heavy atom. The predicted octanol–water partition coefficient (Wildman–Crippen LogP) is 0.414. The van der Waals surface area contributed by atoms with E-state index < -0.39 is 17.9 Å². The van der Waals surface area contributed by atoms with Crippen molar-refractivity contribution in [1.29, 1.82) is 0 Å². The topological polar surface area (TPSA) is 85.8 Å². The number of carbonyl (C=O) groups is 2. The quantitative estimate of drug-likeness (QED) is 0.763. The number of carboxylic acids is 1. The molecule has 110 valence electrons. The maximum absolute atomic E-state index is 11.8. The Labute approximate surface area is 127 Å². The van der Waals surface area contributed by atoms with Crippen molar-refractivity contribution in [2.24, 2.45) is 0 Å². The van der Waals surface area contributed by atoms with Gasteiger partial charge in [0.25, 0.3) is 0 Å². The van der Waals surface area contributed by atoms with Crippen molar-refractivity contribution in [3.8, 4) is 0 Å². The highest BCUT2D eigenvalue weighted by Gasteiger charge is 2.18. The highest BCUT2D eigenvalue weighted by Crippen LogP contribution is 2.25. The molecule has 5 nitrogen and oxygen atoms in total. The fourth-order valence-electron chi connectivity index (χ4n) is 1.63. The third-order valence-corrected chi connectivity index (χ3v) is 3.22. The number of amides is 1. The van der Waals surface area contributed by atoms with E-state index in [1.165, 1.54) is 6.07 Å². The molecule has 0 fully saturated rings. The molecule has 0 spiro atoms. The van der Waals surface area contributed by atoms with Gasteiger partial charge in [0.1, 0.15) is 6.04 Å². The number of quaternary nitrogens is 1. The van der Waals surface area contributed by atoms with Gasteiger partial charge in [0.2, 0.25) is 5.91 Å². The number of rotatable bonds is 7. The van der Waals surface area contributed by atoms with Gasteiger partial charge < -0.3 is 20.5 Å². The molecule has 20 heavy (non-hydrogen) atoms. The number of halogens is 2. The lowest BCUT2D eigenvalue weighted by molar-refractivity contribution is -0.682. The van der Waals surface area contributed by atoms with Crippen molar-refractivity contribution in [2.75, 3.05) is 11.9 Å². The first kappa shape index (κ1) is 16.8. The Balaban J connectivity index is 2.65. The lowest BCUT2D eigenvalue weighted by atomic mass is 10.2. The molecule has 7 heteroatoms. The van der Waals surface area contributed by atoms with Crippen LogP contribution < -0.4 is 15.7 Å². The summed E-state index contributed by atoms with van der Waals surface area (Å²) in [7, 11) is 0. The number of hydrogen-bond donors (Lipinski definition) is 2. The Kier molecular flexibility index (Phi) is 6.78. The van der Waals surface area contributed by atoms with Crippen LogP contribution in [0.3, 0.4) is 0 Å². The predicted molar refractivity (Wildman–Crippen MR) is 75.6 cm³/mol. The SMILES string of the molecule is CCC[NH2+][C@@H](CC(=O)Nc1cc(Cl)ccc1Cl)C(=O)[O-]. The van der Waals surface area contributed by atoms with Crippen LogP contribution in [-0.4, -0.2) is 24.5 Å². The van der Waals surface area contributed by atoms with Gasteiger partial charge in [-0.1, -0.05) is 30.1 Å². The molecule has 0 aromatic heterocycles. The van der Waals surface area contributed by atoms with E-state index in [1.807, 2.05) is 6.92 Å². The fourth-order valence-corrected chi connectivity index (χ4v) is 1.96. The number of nitrogens with two attached hydrogens (primary N) is 1. The molecule has 0 saturated heterocycles. The van der Waals surface area contributed by atoms with E-state index in [2.05, 4.69) is 5.32 Å². The van der Waals surface area contributed by atoms with E-state index in [4.69, 9.17) is 23.2 Å². The average molecular weight is 319 g/mol. The molecule has 0 aliphatic heterocycles. The van der Waals surface area contributed by atoms with E-state index >= 15 is 0 Å². The Hall–Kier alpha value is -1.30.